The van der Waals surface area contributed by atoms with Gasteiger partial charge in [0.2, 0.25) is 0 Å². The second kappa shape index (κ2) is 4.30. The van der Waals surface area contributed by atoms with Crippen molar-refractivity contribution >= 4 is 16.3 Å². The molecule has 0 aromatic carbocycles. The highest BCUT2D eigenvalue weighted by atomic mass is 32.1. The molecule has 2 aromatic heterocycles. The Balaban J connectivity index is 2.27. The number of hydrogen-bond donors (Lipinski definition) is 2. The van der Waals surface area contributed by atoms with Crippen molar-refractivity contribution in [1.82, 2.24) is 14.7 Å². The first kappa shape index (κ1) is 10.6. The van der Waals surface area contributed by atoms with Gasteiger partial charge in [0.25, 0.3) is 0 Å². The number of rotatable bonds is 4. The summed E-state index contributed by atoms with van der Waals surface area (Å²) in [4.78, 5) is 6.89. The van der Waals surface area contributed by atoms with Gasteiger partial charge in [-0.3, -0.25) is 4.40 Å². The molecule has 0 unspecified atom stereocenters. The molecule has 82 valence electrons. The number of fused-ring (bicyclic) bond motifs is 1. The molecule has 2 aromatic rings. The van der Waals surface area contributed by atoms with Crippen molar-refractivity contribution in [3.05, 3.63) is 22.5 Å². The summed E-state index contributed by atoms with van der Waals surface area (Å²) in [7, 11) is 0. The van der Waals surface area contributed by atoms with Gasteiger partial charge in [0.1, 0.15) is 0 Å². The van der Waals surface area contributed by atoms with Gasteiger partial charge in [0, 0.05) is 30.7 Å². The number of nitrogens with two attached hydrogens (primary N) is 1. The highest BCUT2D eigenvalue weighted by Crippen LogP contribution is 2.20. The molecule has 2 rings (SSSR count). The second-order valence-electron chi connectivity index (χ2n) is 3.60. The Morgan fingerprint density at radius 2 is 2.33 bits per heavy atom. The number of aromatic nitrogens is 2. The van der Waals surface area contributed by atoms with Crippen molar-refractivity contribution < 1.29 is 0 Å². The van der Waals surface area contributed by atoms with Gasteiger partial charge in [-0.2, -0.15) is 0 Å². The third-order valence-corrected chi connectivity index (χ3v) is 3.25. The molecule has 0 atom stereocenters. The third-order valence-electron chi connectivity index (χ3n) is 2.35. The fourth-order valence-electron chi connectivity index (χ4n) is 1.63. The first-order chi connectivity index (χ1) is 7.22. The molecule has 0 saturated heterocycles. The summed E-state index contributed by atoms with van der Waals surface area (Å²) in [6.07, 6.45) is 2.14. The molecule has 0 amide bonds. The van der Waals surface area contributed by atoms with Gasteiger partial charge < -0.3 is 11.1 Å². The molecule has 0 radical (unpaired) electrons. The van der Waals surface area contributed by atoms with E-state index in [-0.39, 0.29) is 0 Å². The SMILES string of the molecule is Cc1cn2c(CNCCN)c(C)nc2s1. The Bertz CT molecular complexity index is 457. The van der Waals surface area contributed by atoms with Gasteiger partial charge in [-0.1, -0.05) is 0 Å². The number of aryl methyl sites for hydroxylation is 2. The maximum Gasteiger partial charge on any atom is 0.194 e. The quantitative estimate of drug-likeness (QED) is 0.764. The lowest BCUT2D eigenvalue weighted by atomic mass is 10.3. The number of imidazole rings is 1. The lowest BCUT2D eigenvalue weighted by Crippen LogP contribution is -2.22. The Labute approximate surface area is 93.1 Å². The van der Waals surface area contributed by atoms with Crippen LogP contribution in [0.25, 0.3) is 4.96 Å². The van der Waals surface area contributed by atoms with Gasteiger partial charge in [0.15, 0.2) is 4.96 Å². The lowest BCUT2D eigenvalue weighted by Gasteiger charge is -2.02. The molecular formula is C10H16N4S. The molecule has 4 nitrogen and oxygen atoms in total. The Hall–Kier alpha value is -0.910. The Morgan fingerprint density at radius 3 is 3.07 bits per heavy atom. The van der Waals surface area contributed by atoms with Gasteiger partial charge in [-0.25, -0.2) is 4.98 Å². The topological polar surface area (TPSA) is 55.3 Å². The van der Waals surface area contributed by atoms with Crippen LogP contribution in [0.1, 0.15) is 16.3 Å². The molecule has 2 heterocycles. The summed E-state index contributed by atoms with van der Waals surface area (Å²) in [6.45, 7) is 6.50. The number of nitrogens with one attached hydrogen (secondary N) is 1. The van der Waals surface area contributed by atoms with Crippen LogP contribution in [0.15, 0.2) is 6.20 Å². The molecule has 0 aliphatic carbocycles. The molecule has 0 aliphatic rings. The zero-order chi connectivity index (χ0) is 10.8. The van der Waals surface area contributed by atoms with Crippen molar-refractivity contribution in [1.29, 1.82) is 0 Å². The maximum atomic E-state index is 5.44. The van der Waals surface area contributed by atoms with Crippen LogP contribution < -0.4 is 11.1 Å². The summed E-state index contributed by atoms with van der Waals surface area (Å²) in [5.74, 6) is 0. The van der Waals surface area contributed by atoms with E-state index in [0.29, 0.717) is 6.54 Å². The van der Waals surface area contributed by atoms with Crippen LogP contribution in [0, 0.1) is 13.8 Å². The van der Waals surface area contributed by atoms with Crippen molar-refractivity contribution in [2.24, 2.45) is 5.73 Å². The van der Waals surface area contributed by atoms with Crippen LogP contribution in [0.4, 0.5) is 0 Å². The minimum absolute atomic E-state index is 0.670. The predicted octanol–water partition coefficient (Wildman–Crippen LogP) is 1.06. The number of nitrogens with zero attached hydrogens (tertiary/aromatic N) is 2. The molecule has 0 saturated carbocycles. The average molecular weight is 224 g/mol. The van der Waals surface area contributed by atoms with Crippen LogP contribution in [0.5, 0.6) is 0 Å². The predicted molar refractivity (Wildman–Crippen MR) is 63.3 cm³/mol. The number of thiazole rings is 1. The van der Waals surface area contributed by atoms with E-state index in [1.807, 2.05) is 0 Å². The van der Waals surface area contributed by atoms with E-state index in [4.69, 9.17) is 5.73 Å². The van der Waals surface area contributed by atoms with E-state index in [0.717, 1.165) is 23.7 Å². The smallest absolute Gasteiger partial charge is 0.194 e. The normalized spacial score (nSPS) is 11.4. The first-order valence-electron chi connectivity index (χ1n) is 5.07. The zero-order valence-electron chi connectivity index (χ0n) is 9.08. The monoisotopic (exact) mass is 224 g/mol. The van der Waals surface area contributed by atoms with Crippen LogP contribution in [-0.4, -0.2) is 22.5 Å². The van der Waals surface area contributed by atoms with Crippen molar-refractivity contribution in [3.8, 4) is 0 Å². The summed E-state index contributed by atoms with van der Waals surface area (Å²) < 4.78 is 2.17. The van der Waals surface area contributed by atoms with Crippen LogP contribution in [0.3, 0.4) is 0 Å². The van der Waals surface area contributed by atoms with E-state index in [9.17, 15) is 0 Å². The summed E-state index contributed by atoms with van der Waals surface area (Å²) >= 11 is 1.73. The summed E-state index contributed by atoms with van der Waals surface area (Å²) in [5.41, 5.74) is 7.78. The van der Waals surface area contributed by atoms with Crippen LogP contribution in [0.2, 0.25) is 0 Å². The van der Waals surface area contributed by atoms with Crippen LogP contribution >= 0.6 is 11.3 Å². The first-order valence-corrected chi connectivity index (χ1v) is 5.88. The summed E-state index contributed by atoms with van der Waals surface area (Å²) in [5, 5.41) is 3.30. The molecule has 5 heteroatoms. The minimum Gasteiger partial charge on any atom is -0.329 e. The molecule has 15 heavy (non-hydrogen) atoms. The largest absolute Gasteiger partial charge is 0.329 e. The van der Waals surface area contributed by atoms with Crippen molar-refractivity contribution in [2.45, 2.75) is 20.4 Å². The molecule has 0 fully saturated rings. The van der Waals surface area contributed by atoms with Gasteiger partial charge in [-0.15, -0.1) is 11.3 Å². The number of hydrogen-bond acceptors (Lipinski definition) is 4. The van der Waals surface area contributed by atoms with E-state index < -0.39 is 0 Å². The van der Waals surface area contributed by atoms with E-state index in [2.05, 4.69) is 34.7 Å². The lowest BCUT2D eigenvalue weighted by molar-refractivity contribution is 0.675. The van der Waals surface area contributed by atoms with Gasteiger partial charge in [0.05, 0.1) is 11.4 Å². The zero-order valence-corrected chi connectivity index (χ0v) is 9.90. The molecule has 3 N–H and O–H groups in total. The summed E-state index contributed by atoms with van der Waals surface area (Å²) in [6, 6.07) is 0. The van der Waals surface area contributed by atoms with E-state index >= 15 is 0 Å². The minimum atomic E-state index is 0.670. The highest BCUT2D eigenvalue weighted by Gasteiger charge is 2.09. The van der Waals surface area contributed by atoms with E-state index in [1.54, 1.807) is 11.3 Å². The Morgan fingerprint density at radius 1 is 1.53 bits per heavy atom. The molecule has 0 bridgehead atoms. The fraction of sp³-hybridized carbons (Fsp3) is 0.500. The van der Waals surface area contributed by atoms with E-state index in [1.165, 1.54) is 10.6 Å². The molecule has 0 aliphatic heterocycles. The molecule has 0 spiro atoms. The van der Waals surface area contributed by atoms with Gasteiger partial charge in [-0.05, 0) is 13.8 Å². The fourth-order valence-corrected chi connectivity index (χ4v) is 2.52. The third kappa shape index (κ3) is 2.04. The highest BCUT2D eigenvalue weighted by molar-refractivity contribution is 7.17. The standard InChI is InChI=1S/C10H16N4S/c1-7-6-14-9(5-12-4-3-11)8(2)13-10(14)15-7/h6,12H,3-5,11H2,1-2H3. The Kier molecular flexibility index (Phi) is 3.04. The average Bonchev–Trinajstić information content (AvgIpc) is 2.65. The van der Waals surface area contributed by atoms with Gasteiger partial charge >= 0.3 is 0 Å². The molecular weight excluding hydrogens is 208 g/mol. The second-order valence-corrected chi connectivity index (χ2v) is 4.82. The van der Waals surface area contributed by atoms with Crippen molar-refractivity contribution in [3.63, 3.8) is 0 Å². The van der Waals surface area contributed by atoms with Crippen molar-refractivity contribution in [2.75, 3.05) is 13.1 Å². The van der Waals surface area contributed by atoms with Crippen LogP contribution in [-0.2, 0) is 6.54 Å². The maximum absolute atomic E-state index is 5.44.